The minimum atomic E-state index is -1.07. The number of carboxylic acid groups (broad SMARTS) is 2. The largest absolute Gasteiger partial charge is 0.481 e. The number of hydrogen-bond donors (Lipinski definition) is 2. The number of aromatic carboxylic acids is 1. The van der Waals surface area contributed by atoms with Crippen molar-refractivity contribution >= 4 is 29.3 Å². The zero-order valence-electron chi connectivity index (χ0n) is 16.6. The summed E-state index contributed by atoms with van der Waals surface area (Å²) in [5.74, 6) is -3.29. The molecule has 1 unspecified atom stereocenters. The first-order chi connectivity index (χ1) is 14.8. The van der Waals surface area contributed by atoms with Gasteiger partial charge in [-0.2, -0.15) is 0 Å². The minimum Gasteiger partial charge on any atom is -0.481 e. The first-order valence-corrected chi connectivity index (χ1v) is 10.2. The van der Waals surface area contributed by atoms with E-state index in [1.807, 2.05) is 24.3 Å². The molecule has 0 heterocycles. The second-order valence-electron chi connectivity index (χ2n) is 7.25. The van der Waals surface area contributed by atoms with Crippen LogP contribution in [0.25, 0.3) is 11.1 Å². The molecule has 5 nitrogen and oxygen atoms in total. The van der Waals surface area contributed by atoms with Gasteiger partial charge in [0.15, 0.2) is 5.78 Å². The van der Waals surface area contributed by atoms with E-state index in [1.54, 1.807) is 42.5 Å². The van der Waals surface area contributed by atoms with Crippen molar-refractivity contribution in [3.05, 3.63) is 94.5 Å². The summed E-state index contributed by atoms with van der Waals surface area (Å²) in [5, 5.41) is 19.5. The van der Waals surface area contributed by atoms with Crippen molar-refractivity contribution in [1.29, 1.82) is 0 Å². The third-order valence-corrected chi connectivity index (χ3v) is 5.43. The fourth-order valence-corrected chi connectivity index (χ4v) is 3.55. The van der Waals surface area contributed by atoms with Crippen LogP contribution in [0.3, 0.4) is 0 Å². The van der Waals surface area contributed by atoms with Crippen LogP contribution >= 0.6 is 11.6 Å². The number of hydrogen-bond acceptors (Lipinski definition) is 3. The summed E-state index contributed by atoms with van der Waals surface area (Å²) in [6.07, 6.45) is 0.293. The van der Waals surface area contributed by atoms with Crippen molar-refractivity contribution in [2.75, 3.05) is 0 Å². The van der Waals surface area contributed by atoms with Crippen LogP contribution in [-0.2, 0) is 11.2 Å². The number of aryl methyl sites for hydroxylation is 1. The van der Waals surface area contributed by atoms with Gasteiger partial charge < -0.3 is 10.2 Å². The molecule has 0 aliphatic carbocycles. The number of halogens is 1. The first-order valence-electron chi connectivity index (χ1n) is 9.78. The van der Waals surface area contributed by atoms with Gasteiger partial charge in [-0.25, -0.2) is 4.79 Å². The average molecular weight is 437 g/mol. The lowest BCUT2D eigenvalue weighted by atomic mass is 9.91. The lowest BCUT2D eigenvalue weighted by Crippen LogP contribution is -2.19. The molecular formula is C25H21ClO5. The molecule has 31 heavy (non-hydrogen) atoms. The molecule has 3 aromatic rings. The van der Waals surface area contributed by atoms with Gasteiger partial charge in [-0.05, 0) is 47.7 Å². The highest BCUT2D eigenvalue weighted by Gasteiger charge is 2.23. The van der Waals surface area contributed by atoms with Gasteiger partial charge in [0.1, 0.15) is 0 Å². The molecule has 0 saturated heterocycles. The minimum absolute atomic E-state index is 0.148. The van der Waals surface area contributed by atoms with Crippen LogP contribution in [0.4, 0.5) is 0 Å². The lowest BCUT2D eigenvalue weighted by molar-refractivity contribution is -0.141. The molecule has 0 fully saturated rings. The molecule has 3 aromatic carbocycles. The van der Waals surface area contributed by atoms with E-state index in [2.05, 4.69) is 0 Å². The number of aliphatic carboxylic acids is 1. The number of carbonyl (C=O) groups excluding carboxylic acids is 1. The van der Waals surface area contributed by atoms with E-state index in [9.17, 15) is 24.6 Å². The van der Waals surface area contributed by atoms with E-state index in [1.165, 1.54) is 6.07 Å². The number of benzene rings is 3. The molecule has 0 aromatic heterocycles. The molecule has 0 spiro atoms. The second-order valence-corrected chi connectivity index (χ2v) is 7.68. The van der Waals surface area contributed by atoms with Gasteiger partial charge in [0, 0.05) is 17.0 Å². The van der Waals surface area contributed by atoms with E-state index in [-0.39, 0.29) is 30.6 Å². The van der Waals surface area contributed by atoms with Crippen molar-refractivity contribution in [2.24, 2.45) is 5.92 Å². The van der Waals surface area contributed by atoms with Crippen LogP contribution in [0.15, 0.2) is 72.8 Å². The Balaban J connectivity index is 1.67. The van der Waals surface area contributed by atoms with Crippen molar-refractivity contribution < 1.29 is 24.6 Å². The van der Waals surface area contributed by atoms with Gasteiger partial charge in [-0.15, -0.1) is 0 Å². The monoisotopic (exact) mass is 436 g/mol. The maximum absolute atomic E-state index is 12.7. The molecule has 0 amide bonds. The van der Waals surface area contributed by atoms with Crippen molar-refractivity contribution in [3.63, 3.8) is 0 Å². The van der Waals surface area contributed by atoms with E-state index >= 15 is 0 Å². The van der Waals surface area contributed by atoms with Crippen LogP contribution in [0, 0.1) is 5.92 Å². The summed E-state index contributed by atoms with van der Waals surface area (Å²) in [4.78, 5) is 35.7. The van der Waals surface area contributed by atoms with Crippen molar-refractivity contribution in [3.8, 4) is 11.1 Å². The summed E-state index contributed by atoms with van der Waals surface area (Å²) in [6.45, 7) is 0. The Bertz CT molecular complexity index is 1090. The predicted molar refractivity (Wildman–Crippen MR) is 119 cm³/mol. The van der Waals surface area contributed by atoms with Gasteiger partial charge in [-0.1, -0.05) is 66.2 Å². The fourth-order valence-electron chi connectivity index (χ4n) is 3.42. The Hall–Kier alpha value is -3.44. The summed E-state index contributed by atoms with van der Waals surface area (Å²) >= 11 is 5.91. The van der Waals surface area contributed by atoms with Crippen LogP contribution in [-0.4, -0.2) is 27.9 Å². The van der Waals surface area contributed by atoms with E-state index in [0.717, 1.165) is 11.1 Å². The Morgan fingerprint density at radius 1 is 0.806 bits per heavy atom. The number of rotatable bonds is 9. The number of Topliss-reactive ketones (excluding diaryl/α,β-unsaturated/α-hetero) is 1. The zero-order valence-corrected chi connectivity index (χ0v) is 17.4. The second kappa shape index (κ2) is 10.0. The third kappa shape index (κ3) is 5.80. The van der Waals surface area contributed by atoms with Crippen LogP contribution < -0.4 is 0 Å². The van der Waals surface area contributed by atoms with Gasteiger partial charge in [0.25, 0.3) is 0 Å². The van der Waals surface area contributed by atoms with E-state index in [4.69, 9.17) is 11.6 Å². The molecule has 0 saturated carbocycles. The molecule has 158 valence electrons. The van der Waals surface area contributed by atoms with Gasteiger partial charge in [0.2, 0.25) is 0 Å². The van der Waals surface area contributed by atoms with E-state index in [0.29, 0.717) is 16.1 Å². The smallest absolute Gasteiger partial charge is 0.335 e. The average Bonchev–Trinajstić information content (AvgIpc) is 2.77. The highest BCUT2D eigenvalue weighted by molar-refractivity contribution is 6.30. The molecule has 3 rings (SSSR count). The predicted octanol–water partition coefficient (Wildman–Crippen LogP) is 5.61. The van der Waals surface area contributed by atoms with Crippen LogP contribution in [0.5, 0.6) is 0 Å². The number of carboxylic acids is 2. The van der Waals surface area contributed by atoms with Gasteiger partial charge in [0.05, 0.1) is 11.5 Å². The van der Waals surface area contributed by atoms with Gasteiger partial charge in [-0.3, -0.25) is 9.59 Å². The quantitative estimate of drug-likeness (QED) is 0.425. The normalized spacial score (nSPS) is 11.6. The summed E-state index contributed by atoms with van der Waals surface area (Å²) in [7, 11) is 0. The Labute approximate surface area is 184 Å². The Morgan fingerprint density at radius 2 is 1.39 bits per heavy atom. The number of ketones is 1. The molecule has 0 aliphatic rings. The SMILES string of the molecule is O=C(CC(CCc1ccccc1C(=O)O)C(=O)O)c1ccc(-c2ccc(Cl)cc2)cc1. The molecule has 2 N–H and O–H groups in total. The number of carbonyl (C=O) groups is 3. The highest BCUT2D eigenvalue weighted by Crippen LogP contribution is 2.24. The van der Waals surface area contributed by atoms with Gasteiger partial charge >= 0.3 is 11.9 Å². The topological polar surface area (TPSA) is 91.7 Å². The standard InChI is InChI=1S/C25H21ClO5/c26-21-13-11-17(12-14-21)16-5-8-19(9-6-16)23(27)15-20(24(28)29)10-7-18-3-1-2-4-22(18)25(30)31/h1-6,8-9,11-14,20H,7,10,15H2,(H,28,29)(H,30,31). The summed E-state index contributed by atoms with van der Waals surface area (Å²) in [6, 6.07) is 20.8. The molecular weight excluding hydrogens is 416 g/mol. The summed E-state index contributed by atoms with van der Waals surface area (Å²) < 4.78 is 0. The Morgan fingerprint density at radius 3 is 1.97 bits per heavy atom. The van der Waals surface area contributed by atoms with Crippen molar-refractivity contribution in [1.82, 2.24) is 0 Å². The summed E-state index contributed by atoms with van der Waals surface area (Å²) in [5.41, 5.74) is 3.03. The van der Waals surface area contributed by atoms with Crippen LogP contribution in [0.2, 0.25) is 5.02 Å². The van der Waals surface area contributed by atoms with E-state index < -0.39 is 17.9 Å². The van der Waals surface area contributed by atoms with Crippen molar-refractivity contribution in [2.45, 2.75) is 19.3 Å². The molecule has 0 aliphatic heterocycles. The molecule has 0 bridgehead atoms. The molecule has 0 radical (unpaired) electrons. The van der Waals surface area contributed by atoms with Crippen LogP contribution in [0.1, 0.15) is 39.1 Å². The molecule has 1 atom stereocenters. The zero-order chi connectivity index (χ0) is 22.4. The Kier molecular flexibility index (Phi) is 7.21. The fraction of sp³-hybridized carbons (Fsp3) is 0.160. The molecule has 6 heteroatoms. The maximum atomic E-state index is 12.7. The lowest BCUT2D eigenvalue weighted by Gasteiger charge is -2.13. The third-order valence-electron chi connectivity index (χ3n) is 5.18. The first kappa shape index (κ1) is 22.2. The highest BCUT2D eigenvalue weighted by atomic mass is 35.5. The maximum Gasteiger partial charge on any atom is 0.335 e.